The van der Waals surface area contributed by atoms with E-state index in [1.165, 1.54) is 0 Å². The molecular formula is C18H26N4O2. The minimum absolute atomic E-state index is 0.0776. The number of para-hydroxylation sites is 1. The van der Waals surface area contributed by atoms with E-state index in [9.17, 15) is 9.59 Å². The number of carbonyl (C=O) groups is 2. The summed E-state index contributed by atoms with van der Waals surface area (Å²) in [7, 11) is 0. The van der Waals surface area contributed by atoms with Crippen molar-refractivity contribution in [2.24, 2.45) is 11.7 Å². The van der Waals surface area contributed by atoms with Crippen LogP contribution >= 0.6 is 0 Å². The molecule has 6 heteroatoms. The van der Waals surface area contributed by atoms with Crippen LogP contribution in [0.5, 0.6) is 0 Å². The lowest BCUT2D eigenvalue weighted by molar-refractivity contribution is -0.122. The first-order valence-corrected chi connectivity index (χ1v) is 8.55. The fourth-order valence-electron chi connectivity index (χ4n) is 3.53. The Bertz CT molecular complexity index is 650. The Hall–Kier alpha value is -2.08. The second-order valence-corrected chi connectivity index (χ2v) is 7.40. The van der Waals surface area contributed by atoms with Crippen LogP contribution in [0.25, 0.3) is 0 Å². The smallest absolute Gasteiger partial charge is 0.321 e. The van der Waals surface area contributed by atoms with Gasteiger partial charge in [0.05, 0.1) is 6.54 Å². The SMILES string of the molecule is CC[C@H](C)[C@H]1C(=O)Nc2ccccc2CN1C(=O)N1CC(C)(N)C1. The zero-order chi connectivity index (χ0) is 17.5. The molecule has 2 aliphatic heterocycles. The van der Waals surface area contributed by atoms with Crippen LogP contribution in [0, 0.1) is 5.92 Å². The van der Waals surface area contributed by atoms with Gasteiger partial charge in [-0.05, 0) is 24.5 Å². The van der Waals surface area contributed by atoms with E-state index < -0.39 is 6.04 Å². The maximum absolute atomic E-state index is 13.0. The molecule has 1 fully saturated rings. The van der Waals surface area contributed by atoms with Crippen molar-refractivity contribution in [3.63, 3.8) is 0 Å². The van der Waals surface area contributed by atoms with E-state index in [1.807, 2.05) is 45.0 Å². The van der Waals surface area contributed by atoms with Gasteiger partial charge in [-0.1, -0.05) is 38.5 Å². The Kier molecular flexibility index (Phi) is 4.25. The van der Waals surface area contributed by atoms with E-state index in [1.54, 1.807) is 9.80 Å². The van der Waals surface area contributed by atoms with Gasteiger partial charge in [0.15, 0.2) is 0 Å². The Morgan fingerprint density at radius 1 is 1.42 bits per heavy atom. The molecule has 3 rings (SSSR count). The van der Waals surface area contributed by atoms with E-state index in [0.29, 0.717) is 19.6 Å². The molecule has 0 spiro atoms. The molecular weight excluding hydrogens is 304 g/mol. The van der Waals surface area contributed by atoms with Crippen molar-refractivity contribution >= 4 is 17.6 Å². The molecule has 0 saturated carbocycles. The van der Waals surface area contributed by atoms with E-state index in [-0.39, 0.29) is 23.4 Å². The molecule has 130 valence electrons. The van der Waals surface area contributed by atoms with E-state index in [2.05, 4.69) is 5.32 Å². The number of nitrogens with zero attached hydrogens (tertiary/aromatic N) is 2. The Labute approximate surface area is 143 Å². The van der Waals surface area contributed by atoms with E-state index in [0.717, 1.165) is 17.7 Å². The van der Waals surface area contributed by atoms with Crippen molar-refractivity contribution in [1.29, 1.82) is 0 Å². The fourth-order valence-corrected chi connectivity index (χ4v) is 3.53. The summed E-state index contributed by atoms with van der Waals surface area (Å²) >= 11 is 0. The molecule has 3 amide bonds. The number of nitrogens with one attached hydrogen (secondary N) is 1. The number of hydrogen-bond donors (Lipinski definition) is 2. The van der Waals surface area contributed by atoms with Crippen LogP contribution in [0.3, 0.4) is 0 Å². The highest BCUT2D eigenvalue weighted by Gasteiger charge is 2.44. The second-order valence-electron chi connectivity index (χ2n) is 7.40. The summed E-state index contributed by atoms with van der Waals surface area (Å²) in [6, 6.07) is 7.09. The number of hydrogen-bond acceptors (Lipinski definition) is 3. The first-order chi connectivity index (χ1) is 11.3. The summed E-state index contributed by atoms with van der Waals surface area (Å²) in [5, 5.41) is 2.99. The van der Waals surface area contributed by atoms with Gasteiger partial charge in [0.2, 0.25) is 5.91 Å². The predicted molar refractivity (Wildman–Crippen MR) is 93.4 cm³/mol. The standard InChI is InChI=1S/C18H26N4O2/c1-4-12(2)15-16(23)20-14-8-6-5-7-13(14)9-22(15)17(24)21-10-18(3,19)11-21/h5-8,12,15H,4,9-11,19H2,1-3H3,(H,20,23)/t12-,15-/m0/s1. The molecule has 3 N–H and O–H groups in total. The number of benzene rings is 1. The Morgan fingerprint density at radius 2 is 2.08 bits per heavy atom. The van der Waals surface area contributed by atoms with Gasteiger partial charge in [-0.15, -0.1) is 0 Å². The lowest BCUT2D eigenvalue weighted by atomic mass is 9.93. The Morgan fingerprint density at radius 3 is 2.71 bits per heavy atom. The van der Waals surface area contributed by atoms with Gasteiger partial charge < -0.3 is 20.9 Å². The number of urea groups is 1. The zero-order valence-corrected chi connectivity index (χ0v) is 14.6. The molecule has 6 nitrogen and oxygen atoms in total. The first-order valence-electron chi connectivity index (χ1n) is 8.55. The number of nitrogens with two attached hydrogens (primary N) is 1. The van der Waals surface area contributed by atoms with Crippen LogP contribution < -0.4 is 11.1 Å². The highest BCUT2D eigenvalue weighted by molar-refractivity contribution is 5.99. The fraction of sp³-hybridized carbons (Fsp3) is 0.556. The second kappa shape index (κ2) is 6.09. The van der Waals surface area contributed by atoms with Crippen LogP contribution in [0.15, 0.2) is 24.3 Å². The van der Waals surface area contributed by atoms with Crippen molar-refractivity contribution in [2.75, 3.05) is 18.4 Å². The highest BCUT2D eigenvalue weighted by Crippen LogP contribution is 2.29. The Balaban J connectivity index is 1.92. The maximum atomic E-state index is 13.0. The lowest BCUT2D eigenvalue weighted by Gasteiger charge is -2.48. The van der Waals surface area contributed by atoms with Gasteiger partial charge in [-0.2, -0.15) is 0 Å². The third-order valence-electron chi connectivity index (χ3n) is 5.02. The minimum Gasteiger partial charge on any atom is -0.324 e. The van der Waals surface area contributed by atoms with Crippen molar-refractivity contribution < 1.29 is 9.59 Å². The molecule has 0 aliphatic carbocycles. The number of anilines is 1. The molecule has 1 aromatic carbocycles. The molecule has 24 heavy (non-hydrogen) atoms. The number of likely N-dealkylation sites (tertiary alicyclic amines) is 1. The monoisotopic (exact) mass is 330 g/mol. The summed E-state index contributed by atoms with van der Waals surface area (Å²) in [4.78, 5) is 29.3. The summed E-state index contributed by atoms with van der Waals surface area (Å²) in [5.41, 5.74) is 7.47. The van der Waals surface area contributed by atoms with Gasteiger partial charge in [-0.3, -0.25) is 4.79 Å². The molecule has 0 unspecified atom stereocenters. The van der Waals surface area contributed by atoms with E-state index >= 15 is 0 Å². The average molecular weight is 330 g/mol. The summed E-state index contributed by atoms with van der Waals surface area (Å²) in [6.45, 7) is 7.48. The number of fused-ring (bicyclic) bond motifs is 1. The summed E-state index contributed by atoms with van der Waals surface area (Å²) in [6.07, 6.45) is 0.826. The molecule has 2 aliphatic rings. The van der Waals surface area contributed by atoms with Gasteiger partial charge in [0, 0.05) is 24.3 Å². The maximum Gasteiger partial charge on any atom is 0.321 e. The van der Waals surface area contributed by atoms with Crippen LogP contribution in [0.2, 0.25) is 0 Å². The average Bonchev–Trinajstić information content (AvgIpc) is 2.66. The van der Waals surface area contributed by atoms with Crippen LogP contribution in [0.4, 0.5) is 10.5 Å². The number of rotatable bonds is 2. The largest absolute Gasteiger partial charge is 0.324 e. The molecule has 1 aromatic rings. The van der Waals surface area contributed by atoms with Gasteiger partial charge in [-0.25, -0.2) is 4.79 Å². The van der Waals surface area contributed by atoms with Gasteiger partial charge in [0.1, 0.15) is 6.04 Å². The molecule has 1 saturated heterocycles. The molecule has 2 atom stereocenters. The summed E-state index contributed by atoms with van der Waals surface area (Å²) < 4.78 is 0. The first kappa shape index (κ1) is 16.8. The van der Waals surface area contributed by atoms with Crippen molar-refractivity contribution in [2.45, 2.75) is 45.3 Å². The quantitative estimate of drug-likeness (QED) is 0.870. The number of carbonyl (C=O) groups excluding carboxylic acids is 2. The molecule has 2 heterocycles. The minimum atomic E-state index is -0.473. The third-order valence-corrected chi connectivity index (χ3v) is 5.02. The van der Waals surface area contributed by atoms with Gasteiger partial charge >= 0.3 is 6.03 Å². The van der Waals surface area contributed by atoms with Crippen molar-refractivity contribution in [1.82, 2.24) is 9.80 Å². The van der Waals surface area contributed by atoms with Crippen LogP contribution in [0.1, 0.15) is 32.8 Å². The third kappa shape index (κ3) is 2.98. The normalized spacial score (nSPS) is 23.7. The van der Waals surface area contributed by atoms with Crippen molar-refractivity contribution in [3.05, 3.63) is 29.8 Å². The molecule has 0 bridgehead atoms. The van der Waals surface area contributed by atoms with Crippen LogP contribution in [-0.4, -0.2) is 46.4 Å². The zero-order valence-electron chi connectivity index (χ0n) is 14.6. The summed E-state index contributed by atoms with van der Waals surface area (Å²) in [5.74, 6) is -0.0347. The van der Waals surface area contributed by atoms with E-state index in [4.69, 9.17) is 5.73 Å². The van der Waals surface area contributed by atoms with Gasteiger partial charge in [0.25, 0.3) is 0 Å². The van der Waals surface area contributed by atoms with Crippen molar-refractivity contribution in [3.8, 4) is 0 Å². The molecule has 0 radical (unpaired) electrons. The lowest BCUT2D eigenvalue weighted by Crippen LogP contribution is -2.69. The molecule has 0 aromatic heterocycles. The predicted octanol–water partition coefficient (Wildman–Crippen LogP) is 2.01. The number of amides is 3. The van der Waals surface area contributed by atoms with Crippen LogP contribution in [-0.2, 0) is 11.3 Å². The topological polar surface area (TPSA) is 78.7 Å². The highest BCUT2D eigenvalue weighted by atomic mass is 16.2.